The first kappa shape index (κ1) is 22.9. The predicted octanol–water partition coefficient (Wildman–Crippen LogP) is 5.20. The largest absolute Gasteiger partial charge is 0.493 e. The number of hydrogen-bond acceptors (Lipinski definition) is 4. The average Bonchev–Trinajstić information content (AvgIpc) is 2.81. The molecule has 1 N–H and O–H groups in total. The summed E-state index contributed by atoms with van der Waals surface area (Å²) in [5.41, 5.74) is 1.34. The van der Waals surface area contributed by atoms with E-state index in [0.717, 1.165) is 41.3 Å². The van der Waals surface area contributed by atoms with Crippen LogP contribution in [0.25, 0.3) is 6.08 Å². The molecular formula is C26H30BrNO4. The molecule has 1 saturated carbocycles. The van der Waals surface area contributed by atoms with Crippen LogP contribution >= 0.6 is 15.9 Å². The van der Waals surface area contributed by atoms with Gasteiger partial charge in [-0.2, -0.15) is 0 Å². The molecular weight excluding hydrogens is 470 g/mol. The zero-order chi connectivity index (χ0) is 22.6. The van der Waals surface area contributed by atoms with Crippen molar-refractivity contribution >= 4 is 27.9 Å². The molecule has 5 nitrogen and oxygen atoms in total. The molecule has 1 aliphatic carbocycles. The van der Waals surface area contributed by atoms with Gasteiger partial charge in [-0.3, -0.25) is 4.79 Å². The minimum absolute atomic E-state index is 0.0166. The second kappa shape index (κ2) is 10.1. The van der Waals surface area contributed by atoms with Crippen LogP contribution in [0.15, 0.2) is 53.0 Å². The van der Waals surface area contributed by atoms with Gasteiger partial charge in [0, 0.05) is 25.1 Å². The smallest absolute Gasteiger partial charge is 0.246 e. The van der Waals surface area contributed by atoms with Gasteiger partial charge in [-0.05, 0) is 64.5 Å². The van der Waals surface area contributed by atoms with Gasteiger partial charge in [0.1, 0.15) is 6.61 Å². The van der Waals surface area contributed by atoms with Crippen molar-refractivity contribution in [2.24, 2.45) is 5.92 Å². The predicted molar refractivity (Wildman–Crippen MR) is 129 cm³/mol. The first-order valence-electron chi connectivity index (χ1n) is 11.2. The number of halogens is 1. The minimum Gasteiger partial charge on any atom is -0.493 e. The Hall–Kier alpha value is -2.31. The molecule has 1 heterocycles. The lowest BCUT2D eigenvalue weighted by atomic mass is 9.71. The van der Waals surface area contributed by atoms with E-state index in [2.05, 4.69) is 15.9 Å². The highest BCUT2D eigenvalue weighted by molar-refractivity contribution is 9.10. The van der Waals surface area contributed by atoms with Crippen LogP contribution in [0, 0.1) is 5.92 Å². The quantitative estimate of drug-likeness (QED) is 0.554. The summed E-state index contributed by atoms with van der Waals surface area (Å²) in [6.07, 6.45) is 8.17. The Kier molecular flexibility index (Phi) is 7.21. The summed E-state index contributed by atoms with van der Waals surface area (Å²) in [5, 5.41) is 10.8. The van der Waals surface area contributed by atoms with E-state index in [9.17, 15) is 9.90 Å². The zero-order valence-corrected chi connectivity index (χ0v) is 20.0. The molecule has 1 amide bonds. The van der Waals surface area contributed by atoms with Gasteiger partial charge in [0.05, 0.1) is 17.2 Å². The fraction of sp³-hybridized carbons (Fsp3) is 0.423. The number of carbonyl (C=O) groups excluding carboxylic acids is 1. The lowest BCUT2D eigenvalue weighted by Gasteiger charge is -2.47. The first-order chi connectivity index (χ1) is 15.5. The topological polar surface area (TPSA) is 59.0 Å². The molecule has 0 aromatic heterocycles. The maximum Gasteiger partial charge on any atom is 0.246 e. The van der Waals surface area contributed by atoms with Crippen LogP contribution in [0.5, 0.6) is 11.5 Å². The van der Waals surface area contributed by atoms with E-state index in [1.54, 1.807) is 19.3 Å². The fourth-order valence-electron chi connectivity index (χ4n) is 4.75. The first-order valence-corrected chi connectivity index (χ1v) is 12.0. The third-order valence-corrected chi connectivity index (χ3v) is 7.22. The number of aliphatic hydroxyl groups is 1. The van der Waals surface area contributed by atoms with Crippen molar-refractivity contribution < 1.29 is 19.4 Å². The zero-order valence-electron chi connectivity index (χ0n) is 18.4. The number of benzene rings is 2. The number of fused-ring (bicyclic) bond motifs is 1. The number of rotatable bonds is 6. The van der Waals surface area contributed by atoms with Crippen molar-refractivity contribution in [1.29, 1.82) is 0 Å². The summed E-state index contributed by atoms with van der Waals surface area (Å²) < 4.78 is 12.3. The van der Waals surface area contributed by atoms with Crippen molar-refractivity contribution in [2.75, 3.05) is 20.2 Å². The number of carbonyl (C=O) groups is 1. The molecule has 2 atom stereocenters. The van der Waals surface area contributed by atoms with Crippen molar-refractivity contribution in [2.45, 2.75) is 44.3 Å². The molecule has 0 bridgehead atoms. The van der Waals surface area contributed by atoms with Gasteiger partial charge in [0.2, 0.25) is 5.91 Å². The Morgan fingerprint density at radius 3 is 2.84 bits per heavy atom. The molecule has 2 unspecified atom stereocenters. The van der Waals surface area contributed by atoms with E-state index in [4.69, 9.17) is 9.47 Å². The summed E-state index contributed by atoms with van der Waals surface area (Å²) in [6, 6.07) is 13.7. The van der Waals surface area contributed by atoms with Crippen LogP contribution in [-0.4, -0.2) is 41.7 Å². The highest BCUT2D eigenvalue weighted by Gasteiger charge is 2.43. The molecule has 170 valence electrons. The highest BCUT2D eigenvalue weighted by atomic mass is 79.9. The number of hydrogen-bond donors (Lipinski definition) is 1. The Morgan fingerprint density at radius 2 is 2.06 bits per heavy atom. The molecule has 1 aliphatic heterocycles. The SMILES string of the molecule is COc1cc(C=CC(=O)N2CCC3(O)CCCCC3C2)cc(Br)c1OCc1ccccc1. The van der Waals surface area contributed by atoms with Gasteiger partial charge < -0.3 is 19.5 Å². The van der Waals surface area contributed by atoms with Crippen LogP contribution in [-0.2, 0) is 11.4 Å². The Labute approximate surface area is 198 Å². The van der Waals surface area contributed by atoms with E-state index < -0.39 is 5.60 Å². The molecule has 6 heteroatoms. The summed E-state index contributed by atoms with van der Waals surface area (Å²) >= 11 is 3.58. The number of methoxy groups -OCH3 is 1. The second-order valence-corrected chi connectivity index (χ2v) is 9.58. The van der Waals surface area contributed by atoms with Crippen LogP contribution in [0.2, 0.25) is 0 Å². The number of piperidine rings is 1. The van der Waals surface area contributed by atoms with Gasteiger partial charge in [0.25, 0.3) is 0 Å². The molecule has 2 aromatic rings. The van der Waals surface area contributed by atoms with Crippen molar-refractivity contribution in [3.8, 4) is 11.5 Å². The third-order valence-electron chi connectivity index (χ3n) is 6.64. The lowest BCUT2D eigenvalue weighted by Crippen LogP contribution is -2.54. The normalized spacial score (nSPS) is 23.1. The molecule has 0 spiro atoms. The highest BCUT2D eigenvalue weighted by Crippen LogP contribution is 2.40. The fourth-order valence-corrected chi connectivity index (χ4v) is 5.32. The Bertz CT molecular complexity index is 977. The standard InChI is InChI=1S/C26H30BrNO4/c1-31-23-16-20(15-22(27)25(23)32-18-19-7-3-2-4-8-19)10-11-24(29)28-14-13-26(30)12-6-5-9-21(26)17-28/h2-4,7-8,10-11,15-16,21,30H,5-6,9,12-14,17-18H2,1H3. The maximum atomic E-state index is 12.8. The van der Waals surface area contributed by atoms with Gasteiger partial charge in [0.15, 0.2) is 11.5 Å². The summed E-state index contributed by atoms with van der Waals surface area (Å²) in [5.74, 6) is 1.41. The van der Waals surface area contributed by atoms with Gasteiger partial charge >= 0.3 is 0 Å². The van der Waals surface area contributed by atoms with E-state index in [1.165, 1.54) is 0 Å². The van der Waals surface area contributed by atoms with Crippen molar-refractivity contribution in [3.63, 3.8) is 0 Å². The molecule has 32 heavy (non-hydrogen) atoms. The van der Waals surface area contributed by atoms with Crippen LogP contribution in [0.4, 0.5) is 0 Å². The summed E-state index contributed by atoms with van der Waals surface area (Å²) in [6.45, 7) is 1.68. The van der Waals surface area contributed by atoms with Gasteiger partial charge in [-0.15, -0.1) is 0 Å². The van der Waals surface area contributed by atoms with Crippen molar-refractivity contribution in [1.82, 2.24) is 4.90 Å². The monoisotopic (exact) mass is 499 g/mol. The second-order valence-electron chi connectivity index (χ2n) is 8.72. The molecule has 0 radical (unpaired) electrons. The van der Waals surface area contributed by atoms with E-state index in [1.807, 2.05) is 47.4 Å². The lowest BCUT2D eigenvalue weighted by molar-refractivity contribution is -0.138. The Morgan fingerprint density at radius 1 is 1.25 bits per heavy atom. The number of likely N-dealkylation sites (tertiary alicyclic amines) is 1. The molecule has 2 fully saturated rings. The average molecular weight is 500 g/mol. The van der Waals surface area contributed by atoms with E-state index in [-0.39, 0.29) is 11.8 Å². The minimum atomic E-state index is -0.577. The van der Waals surface area contributed by atoms with Crippen LogP contribution in [0.3, 0.4) is 0 Å². The van der Waals surface area contributed by atoms with Crippen LogP contribution in [0.1, 0.15) is 43.2 Å². The van der Waals surface area contributed by atoms with Gasteiger partial charge in [-0.25, -0.2) is 0 Å². The van der Waals surface area contributed by atoms with Crippen LogP contribution < -0.4 is 9.47 Å². The molecule has 4 rings (SSSR count). The van der Waals surface area contributed by atoms with E-state index in [0.29, 0.717) is 37.6 Å². The number of amides is 1. The Balaban J connectivity index is 1.42. The number of ether oxygens (including phenoxy) is 2. The molecule has 1 saturated heterocycles. The molecule has 2 aliphatic rings. The number of nitrogens with zero attached hydrogens (tertiary/aromatic N) is 1. The summed E-state index contributed by atoms with van der Waals surface area (Å²) in [7, 11) is 1.61. The van der Waals surface area contributed by atoms with Crippen molar-refractivity contribution in [3.05, 3.63) is 64.1 Å². The maximum absolute atomic E-state index is 12.8. The van der Waals surface area contributed by atoms with E-state index >= 15 is 0 Å². The third kappa shape index (κ3) is 5.18. The summed E-state index contributed by atoms with van der Waals surface area (Å²) in [4.78, 5) is 14.7. The van der Waals surface area contributed by atoms with Gasteiger partial charge in [-0.1, -0.05) is 43.2 Å². The molecule has 2 aromatic carbocycles.